The number of likely N-dealkylation sites (tertiary alicyclic amines) is 1. The van der Waals surface area contributed by atoms with Crippen molar-refractivity contribution in [2.75, 3.05) is 19.7 Å². The highest BCUT2D eigenvalue weighted by Crippen LogP contribution is 2.36. The molecule has 4 heterocycles. The molecule has 0 N–H and O–H groups in total. The van der Waals surface area contributed by atoms with Crippen molar-refractivity contribution >= 4 is 5.91 Å². The Morgan fingerprint density at radius 3 is 3.08 bits per heavy atom. The van der Waals surface area contributed by atoms with Gasteiger partial charge in [0, 0.05) is 25.4 Å². The fourth-order valence-electron chi connectivity index (χ4n) is 3.70. The molecule has 0 aromatic carbocycles. The second-order valence-electron chi connectivity index (χ2n) is 7.27. The van der Waals surface area contributed by atoms with Crippen molar-refractivity contribution in [3.8, 4) is 0 Å². The van der Waals surface area contributed by atoms with Crippen LogP contribution in [0.25, 0.3) is 0 Å². The molecule has 4 rings (SSSR count). The highest BCUT2D eigenvalue weighted by molar-refractivity contribution is 5.79. The Hall–Kier alpha value is -2.18. The average Bonchev–Trinajstić information content (AvgIpc) is 3.12. The summed E-state index contributed by atoms with van der Waals surface area (Å²) in [7, 11) is 0. The van der Waals surface area contributed by atoms with Gasteiger partial charge in [-0.3, -0.25) is 9.78 Å². The summed E-state index contributed by atoms with van der Waals surface area (Å²) in [5, 5.41) is 0. The molecule has 2 fully saturated rings. The van der Waals surface area contributed by atoms with E-state index in [-0.39, 0.29) is 17.6 Å². The molecule has 6 heteroatoms. The van der Waals surface area contributed by atoms with Crippen LogP contribution in [0.1, 0.15) is 29.7 Å². The van der Waals surface area contributed by atoms with Crippen molar-refractivity contribution in [3.63, 3.8) is 0 Å². The summed E-state index contributed by atoms with van der Waals surface area (Å²) in [6.45, 7) is 4.59. The van der Waals surface area contributed by atoms with Crippen LogP contribution in [0.5, 0.6) is 0 Å². The fourth-order valence-corrected chi connectivity index (χ4v) is 3.70. The van der Waals surface area contributed by atoms with Gasteiger partial charge in [0.2, 0.25) is 5.91 Å². The van der Waals surface area contributed by atoms with Gasteiger partial charge >= 0.3 is 0 Å². The van der Waals surface area contributed by atoms with Gasteiger partial charge in [-0.2, -0.15) is 0 Å². The monoisotopic (exact) mass is 356 g/mol. The maximum absolute atomic E-state index is 12.3. The minimum atomic E-state index is -0.244. The first-order valence-corrected chi connectivity index (χ1v) is 9.09. The summed E-state index contributed by atoms with van der Waals surface area (Å²) in [5.41, 5.74) is 2.07. The molecule has 0 radical (unpaired) electrons. The minimum Gasteiger partial charge on any atom is -0.469 e. The van der Waals surface area contributed by atoms with Gasteiger partial charge in [-0.05, 0) is 42.7 Å². The van der Waals surface area contributed by atoms with Crippen LogP contribution in [-0.4, -0.2) is 47.2 Å². The standard InChI is InChI=1S/C20H24N2O4/c1-15-4-6-21-11-16(15)12-25-18-5-8-26-20(10-18)13-22(14-20)19(23)9-17-3-2-7-24-17/h2-4,6-7,11,18H,5,8-10,12-14H2,1H3. The van der Waals surface area contributed by atoms with E-state index < -0.39 is 0 Å². The Bertz CT molecular complexity index is 753. The van der Waals surface area contributed by atoms with Crippen molar-refractivity contribution in [2.24, 2.45) is 0 Å². The highest BCUT2D eigenvalue weighted by Gasteiger charge is 2.49. The van der Waals surface area contributed by atoms with E-state index in [0.717, 1.165) is 18.4 Å². The molecular weight excluding hydrogens is 332 g/mol. The van der Waals surface area contributed by atoms with Gasteiger partial charge in [0.25, 0.3) is 0 Å². The van der Waals surface area contributed by atoms with Gasteiger partial charge in [-0.25, -0.2) is 0 Å². The van der Waals surface area contributed by atoms with Crippen LogP contribution < -0.4 is 0 Å². The van der Waals surface area contributed by atoms with Gasteiger partial charge in [0.05, 0.1) is 38.5 Å². The predicted octanol–water partition coefficient (Wildman–Crippen LogP) is 2.50. The number of nitrogens with zero attached hydrogens (tertiary/aromatic N) is 2. The molecule has 0 bridgehead atoms. The smallest absolute Gasteiger partial charge is 0.230 e. The largest absolute Gasteiger partial charge is 0.469 e. The molecule has 0 saturated carbocycles. The fraction of sp³-hybridized carbons (Fsp3) is 0.500. The lowest BCUT2D eigenvalue weighted by Gasteiger charge is -2.53. The zero-order valence-corrected chi connectivity index (χ0v) is 15.0. The van der Waals surface area contributed by atoms with Gasteiger partial charge in [0.15, 0.2) is 0 Å². The first-order chi connectivity index (χ1) is 12.6. The third kappa shape index (κ3) is 3.66. The maximum Gasteiger partial charge on any atom is 0.230 e. The van der Waals surface area contributed by atoms with E-state index >= 15 is 0 Å². The first kappa shape index (κ1) is 17.2. The molecule has 1 atom stereocenters. The second kappa shape index (κ2) is 7.21. The summed E-state index contributed by atoms with van der Waals surface area (Å²) in [6.07, 6.45) is 7.44. The Labute approximate surface area is 153 Å². The van der Waals surface area contributed by atoms with E-state index in [2.05, 4.69) is 11.9 Å². The maximum atomic E-state index is 12.3. The van der Waals surface area contributed by atoms with E-state index in [1.54, 1.807) is 18.5 Å². The number of hydrogen-bond acceptors (Lipinski definition) is 5. The summed E-state index contributed by atoms with van der Waals surface area (Å²) < 4.78 is 17.4. The lowest BCUT2D eigenvalue weighted by Crippen LogP contribution is -2.67. The predicted molar refractivity (Wildman–Crippen MR) is 94.5 cm³/mol. The zero-order chi connectivity index (χ0) is 18.0. The molecule has 2 aromatic rings. The Balaban J connectivity index is 1.28. The highest BCUT2D eigenvalue weighted by atomic mass is 16.5. The quantitative estimate of drug-likeness (QED) is 0.824. The van der Waals surface area contributed by atoms with Crippen molar-refractivity contribution in [3.05, 3.63) is 53.7 Å². The normalized spacial score (nSPS) is 21.6. The topological polar surface area (TPSA) is 64.8 Å². The molecule has 26 heavy (non-hydrogen) atoms. The van der Waals surface area contributed by atoms with Crippen LogP contribution >= 0.6 is 0 Å². The SMILES string of the molecule is Cc1ccncc1COC1CCOC2(C1)CN(C(=O)Cc1ccco1)C2. The summed E-state index contributed by atoms with van der Waals surface area (Å²) in [4.78, 5) is 18.3. The number of hydrogen-bond donors (Lipinski definition) is 0. The van der Waals surface area contributed by atoms with Crippen molar-refractivity contribution < 1.29 is 18.7 Å². The van der Waals surface area contributed by atoms with Gasteiger partial charge in [0.1, 0.15) is 11.4 Å². The summed E-state index contributed by atoms with van der Waals surface area (Å²) >= 11 is 0. The third-order valence-corrected chi connectivity index (χ3v) is 5.29. The number of rotatable bonds is 5. The van der Waals surface area contributed by atoms with Gasteiger partial charge in [-0.15, -0.1) is 0 Å². The lowest BCUT2D eigenvalue weighted by molar-refractivity contribution is -0.202. The minimum absolute atomic E-state index is 0.0863. The van der Waals surface area contributed by atoms with E-state index in [0.29, 0.717) is 38.5 Å². The van der Waals surface area contributed by atoms with Gasteiger partial charge < -0.3 is 18.8 Å². The van der Waals surface area contributed by atoms with Crippen molar-refractivity contribution in [2.45, 2.75) is 44.5 Å². The Morgan fingerprint density at radius 2 is 2.31 bits per heavy atom. The zero-order valence-electron chi connectivity index (χ0n) is 15.0. The van der Waals surface area contributed by atoms with Crippen LogP contribution in [0, 0.1) is 6.92 Å². The average molecular weight is 356 g/mol. The molecule has 1 amide bonds. The van der Waals surface area contributed by atoms with Crippen LogP contribution in [-0.2, 0) is 27.3 Å². The molecule has 2 aliphatic rings. The van der Waals surface area contributed by atoms with Crippen LogP contribution in [0.3, 0.4) is 0 Å². The lowest BCUT2D eigenvalue weighted by atomic mass is 9.84. The molecule has 1 spiro atoms. The van der Waals surface area contributed by atoms with Crippen molar-refractivity contribution in [1.82, 2.24) is 9.88 Å². The number of carbonyl (C=O) groups is 1. The molecule has 1 unspecified atom stereocenters. The molecule has 2 saturated heterocycles. The number of carbonyl (C=O) groups excluding carboxylic acids is 1. The van der Waals surface area contributed by atoms with Crippen molar-refractivity contribution in [1.29, 1.82) is 0 Å². The Morgan fingerprint density at radius 1 is 1.42 bits per heavy atom. The van der Waals surface area contributed by atoms with E-state index in [1.165, 1.54) is 5.56 Å². The number of ether oxygens (including phenoxy) is 2. The second-order valence-corrected chi connectivity index (χ2v) is 7.27. The third-order valence-electron chi connectivity index (χ3n) is 5.29. The molecule has 0 aliphatic carbocycles. The van der Waals surface area contributed by atoms with E-state index in [4.69, 9.17) is 13.9 Å². The number of aryl methyl sites for hydroxylation is 1. The number of amides is 1. The number of aromatic nitrogens is 1. The number of furan rings is 1. The first-order valence-electron chi connectivity index (χ1n) is 9.09. The van der Waals surface area contributed by atoms with Crippen LogP contribution in [0.15, 0.2) is 41.3 Å². The van der Waals surface area contributed by atoms with Crippen LogP contribution in [0.4, 0.5) is 0 Å². The molecule has 2 aromatic heterocycles. The summed E-state index contributed by atoms with van der Waals surface area (Å²) in [5.74, 6) is 0.789. The van der Waals surface area contributed by atoms with E-state index in [9.17, 15) is 4.79 Å². The summed E-state index contributed by atoms with van der Waals surface area (Å²) in [6, 6.07) is 5.63. The molecular formula is C20H24N2O4. The molecule has 2 aliphatic heterocycles. The number of pyridine rings is 1. The molecule has 138 valence electrons. The molecule has 6 nitrogen and oxygen atoms in total. The van der Waals surface area contributed by atoms with E-state index in [1.807, 2.05) is 23.2 Å². The van der Waals surface area contributed by atoms with Crippen LogP contribution in [0.2, 0.25) is 0 Å². The van der Waals surface area contributed by atoms with Gasteiger partial charge in [-0.1, -0.05) is 0 Å². The Kier molecular flexibility index (Phi) is 4.78.